The van der Waals surface area contributed by atoms with E-state index in [0.29, 0.717) is 30.0 Å². The first-order valence-corrected chi connectivity index (χ1v) is 14.8. The molecule has 0 radical (unpaired) electrons. The van der Waals surface area contributed by atoms with Crippen LogP contribution in [-0.4, -0.2) is 95.6 Å². The quantitative estimate of drug-likeness (QED) is 0.383. The van der Waals surface area contributed by atoms with Gasteiger partial charge in [-0.05, 0) is 77.2 Å². The average molecular weight is 573 g/mol. The SMILES string of the molecule is CC(C)NC(=O)N(CCCN1CCN(C)CC1)Cc1ccc(C(=O)Cc2cscc2NC(=O)OC(C)(C)C)nc1. The van der Waals surface area contributed by atoms with Gasteiger partial charge >= 0.3 is 12.1 Å². The number of likely N-dealkylation sites (N-methyl/N-ethyl adjacent to an activating group) is 1. The first kappa shape index (κ1) is 31.5. The second kappa shape index (κ2) is 14.6. The molecule has 0 aromatic carbocycles. The highest BCUT2D eigenvalue weighted by Crippen LogP contribution is 2.23. The van der Waals surface area contributed by atoms with Crippen LogP contribution in [0.25, 0.3) is 0 Å². The van der Waals surface area contributed by atoms with E-state index in [4.69, 9.17) is 4.74 Å². The number of nitrogens with zero attached hydrogens (tertiary/aromatic N) is 4. The van der Waals surface area contributed by atoms with Crippen molar-refractivity contribution in [1.29, 1.82) is 0 Å². The summed E-state index contributed by atoms with van der Waals surface area (Å²) in [6.07, 6.45) is 2.10. The van der Waals surface area contributed by atoms with Gasteiger partial charge in [-0.25, -0.2) is 9.59 Å². The van der Waals surface area contributed by atoms with Gasteiger partial charge in [-0.2, -0.15) is 0 Å². The molecule has 1 fully saturated rings. The number of hydrogen-bond acceptors (Lipinski definition) is 8. The molecule has 0 saturated carbocycles. The Morgan fingerprint density at radius 3 is 2.48 bits per heavy atom. The van der Waals surface area contributed by atoms with Gasteiger partial charge in [0, 0.05) is 63.3 Å². The van der Waals surface area contributed by atoms with Crippen LogP contribution in [0.1, 0.15) is 62.7 Å². The second-order valence-electron chi connectivity index (χ2n) is 11.6. The van der Waals surface area contributed by atoms with E-state index in [-0.39, 0.29) is 24.3 Å². The van der Waals surface area contributed by atoms with Gasteiger partial charge in [0.15, 0.2) is 5.78 Å². The lowest BCUT2D eigenvalue weighted by molar-refractivity contribution is 0.0635. The van der Waals surface area contributed by atoms with Crippen LogP contribution in [0.2, 0.25) is 0 Å². The Balaban J connectivity index is 1.57. The number of carbonyl (C=O) groups is 3. The fourth-order valence-electron chi connectivity index (χ4n) is 4.30. The number of hydrogen-bond donors (Lipinski definition) is 2. The number of anilines is 1. The van der Waals surface area contributed by atoms with E-state index in [2.05, 4.69) is 32.5 Å². The summed E-state index contributed by atoms with van der Waals surface area (Å²) in [7, 11) is 2.14. The predicted molar refractivity (Wildman–Crippen MR) is 159 cm³/mol. The summed E-state index contributed by atoms with van der Waals surface area (Å²) >= 11 is 1.40. The zero-order chi connectivity index (χ0) is 29.3. The highest BCUT2D eigenvalue weighted by molar-refractivity contribution is 7.08. The van der Waals surface area contributed by atoms with Gasteiger partial charge in [-0.15, -0.1) is 11.3 Å². The Morgan fingerprint density at radius 1 is 1.12 bits per heavy atom. The number of amides is 3. The summed E-state index contributed by atoms with van der Waals surface area (Å²) in [5, 5.41) is 9.34. The Morgan fingerprint density at radius 2 is 1.85 bits per heavy atom. The van der Waals surface area contributed by atoms with E-state index in [0.717, 1.165) is 44.7 Å². The van der Waals surface area contributed by atoms with Crippen molar-refractivity contribution < 1.29 is 19.1 Å². The number of nitrogens with one attached hydrogen (secondary N) is 2. The smallest absolute Gasteiger partial charge is 0.412 e. The maximum absolute atomic E-state index is 13.0. The minimum atomic E-state index is -0.614. The number of piperazine rings is 1. The van der Waals surface area contributed by atoms with Crippen molar-refractivity contribution in [3.05, 3.63) is 45.9 Å². The standard InChI is InChI=1S/C29H44N6O4S/c1-21(2)31-27(37)35(11-7-10-34-14-12-33(6)13-15-34)18-22-8-9-24(30-17-22)26(36)16-23-19-40-20-25(23)32-28(38)39-29(3,4)5/h8-9,17,19-21H,7,10-16,18H2,1-6H3,(H,31,37)(H,32,38). The average Bonchev–Trinajstić information content (AvgIpc) is 3.29. The molecule has 0 unspecified atom stereocenters. The van der Waals surface area contributed by atoms with Gasteiger partial charge in [0.05, 0.1) is 5.69 Å². The molecule has 3 amide bonds. The van der Waals surface area contributed by atoms with Gasteiger partial charge in [0.1, 0.15) is 11.3 Å². The summed E-state index contributed by atoms with van der Waals surface area (Å²) in [6.45, 7) is 15.5. The summed E-state index contributed by atoms with van der Waals surface area (Å²) in [5.41, 5.74) is 1.86. The highest BCUT2D eigenvalue weighted by atomic mass is 32.1. The summed E-state index contributed by atoms with van der Waals surface area (Å²) < 4.78 is 5.32. The molecule has 1 aliphatic heterocycles. The van der Waals surface area contributed by atoms with Crippen molar-refractivity contribution in [2.75, 3.05) is 51.6 Å². The molecule has 0 aliphatic carbocycles. The Hall–Kier alpha value is -3.02. The molecule has 40 heavy (non-hydrogen) atoms. The molecule has 3 heterocycles. The van der Waals surface area contributed by atoms with Crippen molar-refractivity contribution in [3.8, 4) is 0 Å². The number of pyridine rings is 1. The van der Waals surface area contributed by atoms with Gasteiger partial charge in [-0.1, -0.05) is 6.07 Å². The van der Waals surface area contributed by atoms with Crippen LogP contribution in [-0.2, 0) is 17.7 Å². The van der Waals surface area contributed by atoms with Crippen LogP contribution in [0.3, 0.4) is 0 Å². The minimum absolute atomic E-state index is 0.0394. The highest BCUT2D eigenvalue weighted by Gasteiger charge is 2.20. The summed E-state index contributed by atoms with van der Waals surface area (Å²) in [6, 6.07) is 3.49. The molecule has 11 heteroatoms. The molecule has 1 aliphatic rings. The van der Waals surface area contributed by atoms with Crippen molar-refractivity contribution >= 4 is 34.9 Å². The van der Waals surface area contributed by atoms with Crippen molar-refractivity contribution in [1.82, 2.24) is 25.0 Å². The fourth-order valence-corrected chi connectivity index (χ4v) is 5.09. The number of thiophene rings is 1. The normalized spacial score (nSPS) is 14.7. The molecule has 3 rings (SSSR count). The van der Waals surface area contributed by atoms with Crippen LogP contribution in [0.5, 0.6) is 0 Å². The lowest BCUT2D eigenvalue weighted by Gasteiger charge is -2.33. The monoisotopic (exact) mass is 572 g/mol. The third-order valence-corrected chi connectivity index (χ3v) is 7.20. The van der Waals surface area contributed by atoms with Crippen LogP contribution < -0.4 is 10.6 Å². The molecule has 0 atom stereocenters. The maximum Gasteiger partial charge on any atom is 0.412 e. The first-order valence-electron chi connectivity index (χ1n) is 13.9. The Labute approximate surface area is 242 Å². The van der Waals surface area contributed by atoms with E-state index >= 15 is 0 Å². The molecule has 2 N–H and O–H groups in total. The van der Waals surface area contributed by atoms with Gasteiger partial charge in [0.2, 0.25) is 0 Å². The van der Waals surface area contributed by atoms with E-state index in [1.54, 1.807) is 38.4 Å². The zero-order valence-corrected chi connectivity index (χ0v) is 25.5. The number of Topliss-reactive ketones (excluding diaryl/α,β-unsaturated/α-hetero) is 1. The molecule has 10 nitrogen and oxygen atoms in total. The van der Waals surface area contributed by atoms with Crippen molar-refractivity contribution in [2.24, 2.45) is 0 Å². The molecular weight excluding hydrogens is 528 g/mol. The van der Waals surface area contributed by atoms with E-state index < -0.39 is 11.7 Å². The van der Waals surface area contributed by atoms with Crippen LogP contribution in [0, 0.1) is 0 Å². The molecule has 0 spiro atoms. The Kier molecular flexibility index (Phi) is 11.5. The van der Waals surface area contributed by atoms with Gasteiger partial charge in [0.25, 0.3) is 0 Å². The molecule has 220 valence electrons. The lowest BCUT2D eigenvalue weighted by atomic mass is 10.1. The van der Waals surface area contributed by atoms with Gasteiger partial charge < -0.3 is 24.8 Å². The Bertz CT molecular complexity index is 1120. The summed E-state index contributed by atoms with van der Waals surface area (Å²) in [4.78, 5) is 49.0. The molecule has 1 saturated heterocycles. The number of urea groups is 1. The van der Waals surface area contributed by atoms with Crippen LogP contribution >= 0.6 is 11.3 Å². The molecule has 0 bridgehead atoms. The molecule has 2 aromatic rings. The fraction of sp³-hybridized carbons (Fsp3) is 0.586. The van der Waals surface area contributed by atoms with E-state index in [9.17, 15) is 14.4 Å². The maximum atomic E-state index is 13.0. The van der Waals surface area contributed by atoms with Crippen molar-refractivity contribution in [2.45, 2.75) is 65.6 Å². The van der Waals surface area contributed by atoms with E-state index in [1.807, 2.05) is 30.2 Å². The minimum Gasteiger partial charge on any atom is -0.444 e. The third kappa shape index (κ3) is 10.5. The predicted octanol–water partition coefficient (Wildman–Crippen LogP) is 4.47. The molecule has 2 aromatic heterocycles. The van der Waals surface area contributed by atoms with E-state index in [1.165, 1.54) is 11.3 Å². The van der Waals surface area contributed by atoms with Crippen molar-refractivity contribution in [3.63, 3.8) is 0 Å². The zero-order valence-electron chi connectivity index (χ0n) is 24.7. The number of aromatic nitrogens is 1. The van der Waals surface area contributed by atoms with Crippen LogP contribution in [0.15, 0.2) is 29.1 Å². The first-order chi connectivity index (χ1) is 18.9. The van der Waals surface area contributed by atoms with Gasteiger partial charge in [-0.3, -0.25) is 15.1 Å². The largest absolute Gasteiger partial charge is 0.444 e. The lowest BCUT2D eigenvalue weighted by Crippen LogP contribution is -2.46. The number of ketones is 1. The second-order valence-corrected chi connectivity index (χ2v) is 12.4. The number of ether oxygens (including phenoxy) is 1. The third-order valence-electron chi connectivity index (χ3n) is 6.41. The number of carbonyl (C=O) groups excluding carboxylic acids is 3. The topological polar surface area (TPSA) is 107 Å². The van der Waals surface area contributed by atoms with Crippen LogP contribution in [0.4, 0.5) is 15.3 Å². The number of rotatable bonds is 11. The summed E-state index contributed by atoms with van der Waals surface area (Å²) in [5.74, 6) is -0.154. The molecular formula is C29H44N6O4S.